The topological polar surface area (TPSA) is 77.0 Å². The van der Waals surface area contributed by atoms with Crippen LogP contribution in [0.1, 0.15) is 65.7 Å². The molecule has 144 valence electrons. The molecule has 0 radical (unpaired) electrons. The second kappa shape index (κ2) is 9.41. The van der Waals surface area contributed by atoms with Crippen molar-refractivity contribution in [3.63, 3.8) is 0 Å². The second-order valence-corrected chi connectivity index (χ2v) is 7.52. The van der Waals surface area contributed by atoms with Gasteiger partial charge >= 0.3 is 0 Å². The van der Waals surface area contributed by atoms with E-state index < -0.39 is 5.60 Å². The number of hydrogen-bond donors (Lipinski definition) is 3. The number of hydrogen-bond acceptors (Lipinski definition) is 3. The Morgan fingerprint density at radius 2 is 1.88 bits per heavy atom. The minimum atomic E-state index is -0.734. The molecule has 1 heterocycles. The first-order valence-electron chi connectivity index (χ1n) is 10.1. The van der Waals surface area contributed by atoms with Crippen LogP contribution >= 0.6 is 0 Å². The van der Waals surface area contributed by atoms with Gasteiger partial charge < -0.3 is 20.6 Å². The van der Waals surface area contributed by atoms with Crippen molar-refractivity contribution in [2.45, 2.75) is 77.4 Å². The molecule has 0 bridgehead atoms. The molecule has 1 aliphatic carbocycles. The number of rotatable bonds is 7. The van der Waals surface area contributed by atoms with Gasteiger partial charge in [-0.2, -0.15) is 0 Å². The third-order valence-electron chi connectivity index (χ3n) is 5.74. The van der Waals surface area contributed by atoms with Crippen molar-refractivity contribution in [3.05, 3.63) is 0 Å². The number of carbonyl (C=O) groups excluding carboxylic acids is 1. The molecule has 6 heteroatoms. The first kappa shape index (κ1) is 20.0. The van der Waals surface area contributed by atoms with E-state index in [1.165, 1.54) is 12.8 Å². The number of guanidine groups is 1. The Balaban J connectivity index is 1.88. The SMILES string of the molecule is CCNC(=NCC(O)(CC)CC)NC1CCN(C(=O)C2CCCC2)C1. The van der Waals surface area contributed by atoms with E-state index in [9.17, 15) is 9.90 Å². The summed E-state index contributed by atoms with van der Waals surface area (Å²) in [6.45, 7) is 8.78. The zero-order valence-electron chi connectivity index (χ0n) is 16.2. The van der Waals surface area contributed by atoms with E-state index in [-0.39, 0.29) is 12.0 Å². The maximum Gasteiger partial charge on any atom is 0.225 e. The number of carbonyl (C=O) groups is 1. The summed E-state index contributed by atoms with van der Waals surface area (Å²) in [5.74, 6) is 1.34. The first-order valence-corrected chi connectivity index (χ1v) is 10.1. The van der Waals surface area contributed by atoms with Gasteiger partial charge in [0, 0.05) is 31.6 Å². The van der Waals surface area contributed by atoms with Crippen LogP contribution in [0.2, 0.25) is 0 Å². The molecule has 2 rings (SSSR count). The molecule has 3 N–H and O–H groups in total. The molecule has 0 aromatic rings. The normalized spacial score (nSPS) is 22.5. The lowest BCUT2D eigenvalue weighted by Gasteiger charge is -2.24. The molecule has 1 atom stereocenters. The van der Waals surface area contributed by atoms with Crippen LogP contribution in [0.15, 0.2) is 4.99 Å². The predicted octanol–water partition coefficient (Wildman–Crippen LogP) is 1.88. The summed E-state index contributed by atoms with van der Waals surface area (Å²) in [5.41, 5.74) is -0.734. The van der Waals surface area contributed by atoms with Crippen LogP contribution in [0.4, 0.5) is 0 Å². The largest absolute Gasteiger partial charge is 0.388 e. The van der Waals surface area contributed by atoms with Crippen molar-refractivity contribution >= 4 is 11.9 Å². The molecule has 2 fully saturated rings. The van der Waals surface area contributed by atoms with Crippen LogP contribution in [0, 0.1) is 5.92 Å². The van der Waals surface area contributed by atoms with Gasteiger partial charge in [0.1, 0.15) is 0 Å². The summed E-state index contributed by atoms with van der Waals surface area (Å²) in [6, 6.07) is 0.236. The van der Waals surface area contributed by atoms with E-state index in [2.05, 4.69) is 15.6 Å². The lowest BCUT2D eigenvalue weighted by Crippen LogP contribution is -2.46. The lowest BCUT2D eigenvalue weighted by molar-refractivity contribution is -0.134. The number of amides is 1. The summed E-state index contributed by atoms with van der Waals surface area (Å²) in [5, 5.41) is 17.1. The molecular formula is C19H36N4O2. The zero-order chi connectivity index (χ0) is 18.3. The summed E-state index contributed by atoms with van der Waals surface area (Å²) < 4.78 is 0. The van der Waals surface area contributed by atoms with Crippen LogP contribution in [0.5, 0.6) is 0 Å². The summed E-state index contributed by atoms with van der Waals surface area (Å²) in [7, 11) is 0. The highest BCUT2D eigenvalue weighted by atomic mass is 16.3. The number of aliphatic imine (C=N–C) groups is 1. The molecule has 1 saturated carbocycles. The average molecular weight is 353 g/mol. The first-order chi connectivity index (χ1) is 12.0. The maximum absolute atomic E-state index is 12.6. The van der Waals surface area contributed by atoms with Crippen LogP contribution in [0.3, 0.4) is 0 Å². The van der Waals surface area contributed by atoms with Gasteiger partial charge in [-0.25, -0.2) is 0 Å². The van der Waals surface area contributed by atoms with Gasteiger partial charge in [-0.3, -0.25) is 9.79 Å². The van der Waals surface area contributed by atoms with E-state index in [1.807, 2.05) is 25.7 Å². The van der Waals surface area contributed by atoms with Gasteiger partial charge in [0.2, 0.25) is 5.91 Å². The smallest absolute Gasteiger partial charge is 0.225 e. The number of aliphatic hydroxyl groups is 1. The van der Waals surface area contributed by atoms with Crippen molar-refractivity contribution in [2.75, 3.05) is 26.2 Å². The van der Waals surface area contributed by atoms with E-state index in [0.29, 0.717) is 25.3 Å². The van der Waals surface area contributed by atoms with Gasteiger partial charge in [-0.15, -0.1) is 0 Å². The van der Waals surface area contributed by atoms with E-state index in [0.717, 1.165) is 44.9 Å². The molecule has 25 heavy (non-hydrogen) atoms. The zero-order valence-corrected chi connectivity index (χ0v) is 16.2. The van der Waals surface area contributed by atoms with Gasteiger partial charge in [0.15, 0.2) is 5.96 Å². The molecular weight excluding hydrogens is 316 g/mol. The summed E-state index contributed by atoms with van der Waals surface area (Å²) in [4.78, 5) is 19.2. The highest BCUT2D eigenvalue weighted by molar-refractivity contribution is 5.81. The van der Waals surface area contributed by atoms with Crippen molar-refractivity contribution in [1.29, 1.82) is 0 Å². The second-order valence-electron chi connectivity index (χ2n) is 7.52. The Labute approximate surface area is 152 Å². The number of nitrogens with one attached hydrogen (secondary N) is 2. The van der Waals surface area contributed by atoms with Gasteiger partial charge in [0.05, 0.1) is 12.1 Å². The molecule has 0 aromatic carbocycles. The molecule has 1 saturated heterocycles. The molecule has 0 spiro atoms. The van der Waals surface area contributed by atoms with Crippen LogP contribution in [0.25, 0.3) is 0 Å². The van der Waals surface area contributed by atoms with E-state index in [4.69, 9.17) is 0 Å². The average Bonchev–Trinajstić information content (AvgIpc) is 3.31. The van der Waals surface area contributed by atoms with Crippen LogP contribution < -0.4 is 10.6 Å². The Bertz CT molecular complexity index is 456. The minimum absolute atomic E-state index is 0.236. The van der Waals surface area contributed by atoms with Crippen LogP contribution in [-0.2, 0) is 4.79 Å². The molecule has 1 aliphatic heterocycles. The summed E-state index contributed by atoms with van der Waals surface area (Å²) in [6.07, 6.45) is 6.85. The Morgan fingerprint density at radius 3 is 2.48 bits per heavy atom. The number of nitrogens with zero attached hydrogens (tertiary/aromatic N) is 2. The summed E-state index contributed by atoms with van der Waals surface area (Å²) >= 11 is 0. The maximum atomic E-state index is 12.6. The number of likely N-dealkylation sites (tertiary alicyclic amines) is 1. The standard InChI is InChI=1S/C19H36N4O2/c1-4-19(25,5-2)14-21-18(20-6-3)22-16-11-12-23(13-16)17(24)15-9-7-8-10-15/h15-16,25H,4-14H2,1-3H3,(H2,20,21,22). The monoisotopic (exact) mass is 352 g/mol. The van der Waals surface area contributed by atoms with Crippen molar-refractivity contribution < 1.29 is 9.90 Å². The lowest BCUT2D eigenvalue weighted by atomic mass is 9.98. The van der Waals surface area contributed by atoms with Crippen molar-refractivity contribution in [1.82, 2.24) is 15.5 Å². The molecule has 1 unspecified atom stereocenters. The van der Waals surface area contributed by atoms with Crippen LogP contribution in [-0.4, -0.2) is 59.7 Å². The highest BCUT2D eigenvalue weighted by Gasteiger charge is 2.32. The quantitative estimate of drug-likeness (QED) is 0.483. The minimum Gasteiger partial charge on any atom is -0.388 e. The van der Waals surface area contributed by atoms with Crippen molar-refractivity contribution in [3.8, 4) is 0 Å². The third kappa shape index (κ3) is 5.59. The fraction of sp³-hybridized carbons (Fsp3) is 0.895. The van der Waals surface area contributed by atoms with Gasteiger partial charge in [-0.1, -0.05) is 26.7 Å². The predicted molar refractivity (Wildman–Crippen MR) is 102 cm³/mol. The van der Waals surface area contributed by atoms with Gasteiger partial charge in [0.25, 0.3) is 0 Å². The molecule has 6 nitrogen and oxygen atoms in total. The van der Waals surface area contributed by atoms with E-state index >= 15 is 0 Å². The Hall–Kier alpha value is -1.30. The highest BCUT2D eigenvalue weighted by Crippen LogP contribution is 2.27. The fourth-order valence-corrected chi connectivity index (χ4v) is 3.72. The Kier molecular flexibility index (Phi) is 7.54. The van der Waals surface area contributed by atoms with Crippen molar-refractivity contribution in [2.24, 2.45) is 10.9 Å². The van der Waals surface area contributed by atoms with E-state index in [1.54, 1.807) is 0 Å². The third-order valence-corrected chi connectivity index (χ3v) is 5.74. The Morgan fingerprint density at radius 1 is 1.20 bits per heavy atom. The molecule has 0 aromatic heterocycles. The fourth-order valence-electron chi connectivity index (χ4n) is 3.72. The van der Waals surface area contributed by atoms with Gasteiger partial charge in [-0.05, 0) is 39.0 Å². The molecule has 2 aliphatic rings. The molecule has 1 amide bonds.